The lowest BCUT2D eigenvalue weighted by Crippen LogP contribution is -2.20. The molecular weight excluding hydrogens is 236 g/mol. The Bertz CT molecular complexity index is 402. The summed E-state index contributed by atoms with van der Waals surface area (Å²) in [5.41, 5.74) is 5.66. The average molecular weight is 253 g/mol. The highest BCUT2D eigenvalue weighted by atomic mass is 35.5. The SMILES string of the molecule is C[C@H](C[C@H]1C=C(N)NC1)Oc1ccc(Cl)cc1. The maximum absolute atomic E-state index is 5.82. The molecule has 0 radical (unpaired) electrons. The van der Waals surface area contributed by atoms with Gasteiger partial charge in [0.05, 0.1) is 11.9 Å². The zero-order chi connectivity index (χ0) is 12.3. The summed E-state index contributed by atoms with van der Waals surface area (Å²) in [5.74, 6) is 2.08. The van der Waals surface area contributed by atoms with E-state index in [1.807, 2.05) is 24.3 Å². The van der Waals surface area contributed by atoms with Crippen molar-refractivity contribution in [3.05, 3.63) is 41.2 Å². The highest BCUT2D eigenvalue weighted by molar-refractivity contribution is 6.30. The Kier molecular flexibility index (Phi) is 3.79. The Morgan fingerprint density at radius 1 is 1.47 bits per heavy atom. The molecule has 0 fully saturated rings. The Morgan fingerprint density at radius 2 is 2.18 bits per heavy atom. The van der Waals surface area contributed by atoms with Crippen LogP contribution in [0, 0.1) is 5.92 Å². The van der Waals surface area contributed by atoms with Crippen molar-refractivity contribution in [3.8, 4) is 5.75 Å². The van der Waals surface area contributed by atoms with Crippen LogP contribution < -0.4 is 15.8 Å². The molecule has 0 amide bonds. The Labute approximate surface area is 107 Å². The lowest BCUT2D eigenvalue weighted by atomic mass is 10.0. The Morgan fingerprint density at radius 3 is 2.76 bits per heavy atom. The van der Waals surface area contributed by atoms with Gasteiger partial charge in [0.2, 0.25) is 0 Å². The molecule has 1 heterocycles. The second kappa shape index (κ2) is 5.32. The molecule has 92 valence electrons. The van der Waals surface area contributed by atoms with Crippen molar-refractivity contribution in [1.82, 2.24) is 5.32 Å². The molecule has 3 N–H and O–H groups in total. The minimum atomic E-state index is 0.158. The molecule has 0 saturated carbocycles. The molecule has 1 aliphatic rings. The second-order valence-corrected chi connectivity index (χ2v) is 4.82. The summed E-state index contributed by atoms with van der Waals surface area (Å²) in [4.78, 5) is 0. The highest BCUT2D eigenvalue weighted by Crippen LogP contribution is 2.20. The van der Waals surface area contributed by atoms with Gasteiger partial charge in [0.1, 0.15) is 5.75 Å². The first-order valence-corrected chi connectivity index (χ1v) is 6.14. The number of nitrogens with one attached hydrogen (secondary N) is 1. The summed E-state index contributed by atoms with van der Waals surface area (Å²) in [6, 6.07) is 7.43. The van der Waals surface area contributed by atoms with Crippen molar-refractivity contribution in [2.75, 3.05) is 6.54 Å². The predicted molar refractivity (Wildman–Crippen MR) is 69.9 cm³/mol. The maximum Gasteiger partial charge on any atom is 0.119 e. The monoisotopic (exact) mass is 252 g/mol. The second-order valence-electron chi connectivity index (χ2n) is 4.38. The lowest BCUT2D eigenvalue weighted by molar-refractivity contribution is 0.197. The van der Waals surface area contributed by atoms with Gasteiger partial charge in [-0.2, -0.15) is 0 Å². The van der Waals surface area contributed by atoms with Gasteiger partial charge in [0, 0.05) is 17.5 Å². The molecular formula is C13H17ClN2O. The van der Waals surface area contributed by atoms with Crippen LogP contribution in [0.3, 0.4) is 0 Å². The van der Waals surface area contributed by atoms with Gasteiger partial charge in [-0.3, -0.25) is 0 Å². The Balaban J connectivity index is 1.85. The summed E-state index contributed by atoms with van der Waals surface area (Å²) < 4.78 is 5.81. The van der Waals surface area contributed by atoms with E-state index in [-0.39, 0.29) is 6.10 Å². The fraction of sp³-hybridized carbons (Fsp3) is 0.385. The van der Waals surface area contributed by atoms with Crippen LogP contribution in [0.15, 0.2) is 36.2 Å². The standard InChI is InChI=1S/C13H17ClN2O/c1-9(6-10-7-13(15)16-8-10)17-12-4-2-11(14)3-5-12/h2-5,7,9-10,16H,6,8,15H2,1H3/t9-,10+/m1/s1. The van der Waals surface area contributed by atoms with E-state index in [0.717, 1.165) is 29.6 Å². The number of ether oxygens (including phenoxy) is 1. The van der Waals surface area contributed by atoms with Gasteiger partial charge in [-0.1, -0.05) is 11.6 Å². The van der Waals surface area contributed by atoms with Crippen LogP contribution in [-0.4, -0.2) is 12.6 Å². The highest BCUT2D eigenvalue weighted by Gasteiger charge is 2.17. The molecule has 0 aliphatic carbocycles. The summed E-state index contributed by atoms with van der Waals surface area (Å²) in [5, 5.41) is 3.83. The summed E-state index contributed by atoms with van der Waals surface area (Å²) in [6.45, 7) is 2.97. The quantitative estimate of drug-likeness (QED) is 0.866. The number of halogens is 1. The van der Waals surface area contributed by atoms with E-state index >= 15 is 0 Å². The van der Waals surface area contributed by atoms with Crippen LogP contribution in [-0.2, 0) is 0 Å². The van der Waals surface area contributed by atoms with Crippen molar-refractivity contribution in [3.63, 3.8) is 0 Å². The molecule has 0 aromatic heterocycles. The molecule has 1 aromatic carbocycles. The molecule has 1 aromatic rings. The van der Waals surface area contributed by atoms with E-state index in [1.54, 1.807) is 0 Å². The van der Waals surface area contributed by atoms with Crippen LogP contribution in [0.1, 0.15) is 13.3 Å². The first-order chi connectivity index (χ1) is 8.13. The zero-order valence-electron chi connectivity index (χ0n) is 9.82. The van der Waals surface area contributed by atoms with Crippen molar-refractivity contribution in [2.45, 2.75) is 19.4 Å². The van der Waals surface area contributed by atoms with Gasteiger partial charge < -0.3 is 15.8 Å². The normalized spacial score (nSPS) is 20.6. The number of hydrogen-bond donors (Lipinski definition) is 2. The van der Waals surface area contributed by atoms with Crippen LogP contribution >= 0.6 is 11.6 Å². The molecule has 2 rings (SSSR count). The third-order valence-corrected chi connectivity index (χ3v) is 3.02. The van der Waals surface area contributed by atoms with Crippen molar-refractivity contribution in [2.24, 2.45) is 11.7 Å². The third kappa shape index (κ3) is 3.56. The van der Waals surface area contributed by atoms with Gasteiger partial charge in [-0.05, 0) is 43.7 Å². The summed E-state index contributed by atoms with van der Waals surface area (Å²) >= 11 is 5.82. The molecule has 1 aliphatic heterocycles. The van der Waals surface area contributed by atoms with E-state index in [0.29, 0.717) is 5.92 Å². The Hall–Kier alpha value is -1.35. The third-order valence-electron chi connectivity index (χ3n) is 2.77. The largest absolute Gasteiger partial charge is 0.491 e. The van der Waals surface area contributed by atoms with Gasteiger partial charge in [-0.25, -0.2) is 0 Å². The topological polar surface area (TPSA) is 47.3 Å². The zero-order valence-corrected chi connectivity index (χ0v) is 10.6. The molecule has 4 heteroatoms. The molecule has 0 saturated heterocycles. The van der Waals surface area contributed by atoms with Crippen molar-refractivity contribution in [1.29, 1.82) is 0 Å². The molecule has 17 heavy (non-hydrogen) atoms. The van der Waals surface area contributed by atoms with Gasteiger partial charge in [-0.15, -0.1) is 0 Å². The van der Waals surface area contributed by atoms with Crippen molar-refractivity contribution < 1.29 is 4.74 Å². The summed E-state index contributed by atoms with van der Waals surface area (Å²) in [6.07, 6.45) is 3.17. The van der Waals surface area contributed by atoms with Crippen LogP contribution in [0.5, 0.6) is 5.75 Å². The van der Waals surface area contributed by atoms with E-state index in [4.69, 9.17) is 22.1 Å². The minimum absolute atomic E-state index is 0.158. The first-order valence-electron chi connectivity index (χ1n) is 5.77. The van der Waals surface area contributed by atoms with Crippen molar-refractivity contribution >= 4 is 11.6 Å². The lowest BCUT2D eigenvalue weighted by Gasteiger charge is -2.17. The fourth-order valence-corrected chi connectivity index (χ4v) is 2.12. The molecule has 0 spiro atoms. The number of hydrogen-bond acceptors (Lipinski definition) is 3. The molecule has 2 atom stereocenters. The van der Waals surface area contributed by atoms with Gasteiger partial charge in [0.25, 0.3) is 0 Å². The molecule has 3 nitrogen and oxygen atoms in total. The van der Waals surface area contributed by atoms with Crippen LogP contribution in [0.25, 0.3) is 0 Å². The van der Waals surface area contributed by atoms with Crippen LogP contribution in [0.2, 0.25) is 5.02 Å². The average Bonchev–Trinajstić information content (AvgIpc) is 2.67. The smallest absolute Gasteiger partial charge is 0.119 e. The number of benzene rings is 1. The van der Waals surface area contributed by atoms with Gasteiger partial charge >= 0.3 is 0 Å². The maximum atomic E-state index is 5.82. The minimum Gasteiger partial charge on any atom is -0.491 e. The van der Waals surface area contributed by atoms with Crippen LogP contribution in [0.4, 0.5) is 0 Å². The summed E-state index contributed by atoms with van der Waals surface area (Å²) in [7, 11) is 0. The number of rotatable bonds is 4. The van der Waals surface area contributed by atoms with E-state index in [1.165, 1.54) is 0 Å². The predicted octanol–water partition coefficient (Wildman–Crippen LogP) is 2.52. The fourth-order valence-electron chi connectivity index (χ4n) is 1.99. The van der Waals surface area contributed by atoms with E-state index < -0.39 is 0 Å². The van der Waals surface area contributed by atoms with E-state index in [2.05, 4.69) is 18.3 Å². The first kappa shape index (κ1) is 12.1. The molecule has 0 unspecified atom stereocenters. The van der Waals surface area contributed by atoms with E-state index in [9.17, 15) is 0 Å². The van der Waals surface area contributed by atoms with Gasteiger partial charge in [0.15, 0.2) is 0 Å². The number of nitrogens with two attached hydrogens (primary N) is 1. The molecule has 0 bridgehead atoms.